The molecular formula is C24H27FN6O3. The van der Waals surface area contributed by atoms with Crippen LogP contribution in [0.15, 0.2) is 30.3 Å². The smallest absolute Gasteiger partial charge is 0.251 e. The number of nitrogens with two attached hydrogens (primary N) is 1. The first-order chi connectivity index (χ1) is 16.4. The number of rotatable bonds is 4. The van der Waals surface area contributed by atoms with Crippen molar-refractivity contribution in [3.8, 4) is 11.3 Å². The summed E-state index contributed by atoms with van der Waals surface area (Å²) in [5.74, 6) is -0.0854. The molecule has 34 heavy (non-hydrogen) atoms. The maximum Gasteiger partial charge on any atom is 0.251 e. The standard InChI is InChI=1S/C24H27FN6O3/c1-14-12-33-9-7-30(14)23-18-5-6-20(16-3-4-17(21(26)32)19(25)11-16)27-22(18)28-24(29-23)31-8-10-34-13-15(31)2/h3-6,11,14-15H,7-10,12-13H2,1-2H3,(H2,26,32). The molecule has 0 bridgehead atoms. The largest absolute Gasteiger partial charge is 0.377 e. The molecular weight excluding hydrogens is 439 g/mol. The topological polar surface area (TPSA) is 107 Å². The number of pyridine rings is 1. The van der Waals surface area contributed by atoms with Gasteiger partial charge in [0.05, 0.1) is 55.2 Å². The maximum absolute atomic E-state index is 14.4. The molecule has 1 amide bonds. The Morgan fingerprint density at radius 1 is 1.00 bits per heavy atom. The predicted octanol–water partition coefficient (Wildman–Crippen LogP) is 2.38. The number of anilines is 2. The highest BCUT2D eigenvalue weighted by molar-refractivity contribution is 5.94. The minimum atomic E-state index is -0.809. The van der Waals surface area contributed by atoms with E-state index in [0.717, 1.165) is 11.2 Å². The number of aromatic nitrogens is 3. The molecule has 2 fully saturated rings. The fourth-order valence-corrected chi connectivity index (χ4v) is 4.43. The lowest BCUT2D eigenvalue weighted by Crippen LogP contribution is -2.46. The second-order valence-corrected chi connectivity index (χ2v) is 8.71. The van der Waals surface area contributed by atoms with E-state index in [1.165, 1.54) is 12.1 Å². The summed E-state index contributed by atoms with van der Waals surface area (Å²) in [7, 11) is 0. The number of amides is 1. The Balaban J connectivity index is 1.63. The van der Waals surface area contributed by atoms with Crippen LogP contribution in [0.1, 0.15) is 24.2 Å². The zero-order chi connectivity index (χ0) is 23.8. The van der Waals surface area contributed by atoms with Crippen molar-refractivity contribution in [1.82, 2.24) is 15.0 Å². The van der Waals surface area contributed by atoms with Crippen molar-refractivity contribution in [2.24, 2.45) is 5.73 Å². The number of carbonyl (C=O) groups excluding carboxylic acids is 1. The summed E-state index contributed by atoms with van der Waals surface area (Å²) >= 11 is 0. The summed E-state index contributed by atoms with van der Waals surface area (Å²) < 4.78 is 25.6. The number of hydrogen-bond donors (Lipinski definition) is 1. The molecule has 2 aliphatic heterocycles. The van der Waals surface area contributed by atoms with Crippen molar-refractivity contribution in [1.29, 1.82) is 0 Å². The lowest BCUT2D eigenvalue weighted by molar-refractivity contribution is 0.0973. The summed E-state index contributed by atoms with van der Waals surface area (Å²) in [6.07, 6.45) is 0. The molecule has 2 aromatic heterocycles. The van der Waals surface area contributed by atoms with E-state index in [2.05, 4.69) is 23.6 Å². The number of primary amides is 1. The highest BCUT2D eigenvalue weighted by Gasteiger charge is 2.27. The molecule has 2 aliphatic rings. The van der Waals surface area contributed by atoms with Gasteiger partial charge in [0, 0.05) is 18.7 Å². The number of ether oxygens (including phenoxy) is 2. The minimum absolute atomic E-state index is 0.125. The summed E-state index contributed by atoms with van der Waals surface area (Å²) in [6, 6.07) is 8.29. The van der Waals surface area contributed by atoms with Gasteiger partial charge in [-0.15, -0.1) is 0 Å². The molecule has 5 rings (SSSR count). The zero-order valence-corrected chi connectivity index (χ0v) is 19.2. The highest BCUT2D eigenvalue weighted by Crippen LogP contribution is 2.31. The quantitative estimate of drug-likeness (QED) is 0.625. The number of morpholine rings is 2. The molecule has 4 heterocycles. The van der Waals surface area contributed by atoms with E-state index < -0.39 is 11.7 Å². The van der Waals surface area contributed by atoms with Gasteiger partial charge in [-0.3, -0.25) is 4.79 Å². The number of halogens is 1. The van der Waals surface area contributed by atoms with Gasteiger partial charge in [-0.25, -0.2) is 9.37 Å². The van der Waals surface area contributed by atoms with Crippen LogP contribution in [-0.4, -0.2) is 72.5 Å². The third kappa shape index (κ3) is 4.14. The zero-order valence-electron chi connectivity index (χ0n) is 19.2. The summed E-state index contributed by atoms with van der Waals surface area (Å²) in [5.41, 5.74) is 6.68. The SMILES string of the molecule is CC1COCCN1c1nc(N2CCOCC2C)c2ccc(-c3ccc(C(N)=O)c(F)c3)nc2n1. The molecule has 2 saturated heterocycles. The molecule has 0 saturated carbocycles. The van der Waals surface area contributed by atoms with Crippen LogP contribution >= 0.6 is 0 Å². The Labute approximate surface area is 196 Å². The van der Waals surface area contributed by atoms with Gasteiger partial charge < -0.3 is 25.0 Å². The van der Waals surface area contributed by atoms with Gasteiger partial charge in [0.2, 0.25) is 5.95 Å². The second kappa shape index (κ2) is 9.11. The number of hydrogen-bond acceptors (Lipinski definition) is 8. The lowest BCUT2D eigenvalue weighted by atomic mass is 10.1. The van der Waals surface area contributed by atoms with Crippen LogP contribution in [-0.2, 0) is 9.47 Å². The van der Waals surface area contributed by atoms with Crippen molar-refractivity contribution in [2.45, 2.75) is 25.9 Å². The average molecular weight is 467 g/mol. The Morgan fingerprint density at radius 2 is 1.71 bits per heavy atom. The first-order valence-corrected chi connectivity index (χ1v) is 11.4. The fraction of sp³-hybridized carbons (Fsp3) is 0.417. The molecule has 2 atom stereocenters. The lowest BCUT2D eigenvalue weighted by Gasteiger charge is -2.37. The molecule has 3 aromatic rings. The predicted molar refractivity (Wildman–Crippen MR) is 126 cm³/mol. The van der Waals surface area contributed by atoms with Gasteiger partial charge in [0.1, 0.15) is 11.6 Å². The number of carbonyl (C=O) groups is 1. The molecule has 10 heteroatoms. The molecule has 0 aliphatic carbocycles. The number of nitrogens with zero attached hydrogens (tertiary/aromatic N) is 5. The summed E-state index contributed by atoms with van der Waals surface area (Å²) in [6.45, 7) is 8.03. The normalized spacial score (nSPS) is 21.1. The maximum atomic E-state index is 14.4. The van der Waals surface area contributed by atoms with Crippen molar-refractivity contribution >= 4 is 28.7 Å². The van der Waals surface area contributed by atoms with Crippen LogP contribution in [0.25, 0.3) is 22.3 Å². The van der Waals surface area contributed by atoms with Crippen LogP contribution in [0.2, 0.25) is 0 Å². The van der Waals surface area contributed by atoms with Crippen LogP contribution in [0.3, 0.4) is 0 Å². The van der Waals surface area contributed by atoms with Crippen molar-refractivity contribution < 1.29 is 18.7 Å². The van der Waals surface area contributed by atoms with Crippen LogP contribution in [0, 0.1) is 5.82 Å². The number of fused-ring (bicyclic) bond motifs is 1. The first-order valence-electron chi connectivity index (χ1n) is 11.4. The Hall–Kier alpha value is -3.37. The summed E-state index contributed by atoms with van der Waals surface area (Å²) in [4.78, 5) is 30.3. The van der Waals surface area contributed by atoms with Gasteiger partial charge in [-0.2, -0.15) is 9.97 Å². The molecule has 2 unspecified atom stereocenters. The van der Waals surface area contributed by atoms with Gasteiger partial charge in [0.15, 0.2) is 5.65 Å². The van der Waals surface area contributed by atoms with Gasteiger partial charge >= 0.3 is 0 Å². The van der Waals surface area contributed by atoms with Crippen molar-refractivity contribution in [2.75, 3.05) is 49.3 Å². The van der Waals surface area contributed by atoms with Crippen LogP contribution in [0.4, 0.5) is 16.2 Å². The Kier molecular flexibility index (Phi) is 6.01. The van der Waals surface area contributed by atoms with Gasteiger partial charge in [0.25, 0.3) is 5.91 Å². The van der Waals surface area contributed by atoms with E-state index in [-0.39, 0.29) is 17.6 Å². The molecule has 0 spiro atoms. The number of benzene rings is 1. The van der Waals surface area contributed by atoms with Crippen LogP contribution in [0.5, 0.6) is 0 Å². The van der Waals surface area contributed by atoms with E-state index >= 15 is 0 Å². The highest BCUT2D eigenvalue weighted by atomic mass is 19.1. The Morgan fingerprint density at radius 3 is 2.35 bits per heavy atom. The summed E-state index contributed by atoms with van der Waals surface area (Å²) in [5, 5.41) is 0.816. The van der Waals surface area contributed by atoms with Crippen molar-refractivity contribution in [3.05, 3.63) is 41.7 Å². The molecule has 0 radical (unpaired) electrons. The van der Waals surface area contributed by atoms with E-state index in [1.807, 2.05) is 12.1 Å². The second-order valence-electron chi connectivity index (χ2n) is 8.71. The Bertz CT molecular complexity index is 1240. The molecule has 178 valence electrons. The van der Waals surface area contributed by atoms with E-state index in [4.69, 9.17) is 30.2 Å². The monoisotopic (exact) mass is 466 g/mol. The fourth-order valence-electron chi connectivity index (χ4n) is 4.43. The third-order valence-electron chi connectivity index (χ3n) is 6.32. The average Bonchev–Trinajstić information content (AvgIpc) is 2.83. The third-order valence-corrected chi connectivity index (χ3v) is 6.32. The van der Waals surface area contributed by atoms with Crippen molar-refractivity contribution in [3.63, 3.8) is 0 Å². The molecule has 9 nitrogen and oxygen atoms in total. The van der Waals surface area contributed by atoms with Crippen LogP contribution < -0.4 is 15.5 Å². The van der Waals surface area contributed by atoms with E-state index in [0.29, 0.717) is 62.4 Å². The first kappa shape index (κ1) is 22.4. The van der Waals surface area contributed by atoms with Gasteiger partial charge in [-0.1, -0.05) is 6.07 Å². The van der Waals surface area contributed by atoms with Gasteiger partial charge in [-0.05, 0) is 38.1 Å². The van der Waals surface area contributed by atoms with E-state index in [9.17, 15) is 9.18 Å². The molecule has 2 N–H and O–H groups in total. The van der Waals surface area contributed by atoms with E-state index in [1.54, 1.807) is 6.07 Å². The molecule has 1 aromatic carbocycles. The minimum Gasteiger partial charge on any atom is -0.377 e.